The van der Waals surface area contributed by atoms with Gasteiger partial charge in [0.1, 0.15) is 12.4 Å². The van der Waals surface area contributed by atoms with Crippen LogP contribution in [0.25, 0.3) is 0 Å². The lowest BCUT2D eigenvalue weighted by Gasteiger charge is -1.81. The molecule has 0 aliphatic carbocycles. The number of imidazole rings is 1. The van der Waals surface area contributed by atoms with Gasteiger partial charge in [0.25, 0.3) is 0 Å². The van der Waals surface area contributed by atoms with E-state index in [2.05, 4.69) is 24.0 Å². The molecule has 0 N–H and O–H groups in total. The van der Waals surface area contributed by atoms with E-state index in [9.17, 15) is 0 Å². The van der Waals surface area contributed by atoms with Crippen LogP contribution in [-0.2, 0) is 13.6 Å². The molecule has 0 fully saturated rings. The Morgan fingerprint density at radius 3 is 2.30 bits per heavy atom. The second-order valence-corrected chi connectivity index (χ2v) is 1.91. The summed E-state index contributed by atoms with van der Waals surface area (Å²) in [6, 6.07) is 0. The van der Waals surface area contributed by atoms with Crippen molar-refractivity contribution in [3.63, 3.8) is 0 Å². The molecule has 0 unspecified atom stereocenters. The van der Waals surface area contributed by atoms with Gasteiger partial charge in [-0.1, -0.05) is 0 Å². The minimum absolute atomic E-state index is 0. The Labute approximate surface area is 78.4 Å². The molecular formula is C6H15AlClN2+. The fraction of sp³-hybridized carbons (Fsp3) is 0.500. The van der Waals surface area contributed by atoms with Crippen LogP contribution >= 0.6 is 12.4 Å². The summed E-state index contributed by atoms with van der Waals surface area (Å²) >= 11 is 0. The summed E-state index contributed by atoms with van der Waals surface area (Å²) in [5, 5.41) is 0. The lowest BCUT2D eigenvalue weighted by Crippen LogP contribution is -2.23. The SMILES string of the molecule is CCn1cc[n+](C)c1.Cl.[AlH3]. The van der Waals surface area contributed by atoms with Crippen LogP contribution < -0.4 is 4.57 Å². The molecule has 1 aromatic rings. The predicted molar refractivity (Wildman–Crippen MR) is 48.5 cm³/mol. The third-order valence-corrected chi connectivity index (χ3v) is 1.19. The van der Waals surface area contributed by atoms with Gasteiger partial charge in [0, 0.05) is 0 Å². The summed E-state index contributed by atoms with van der Waals surface area (Å²) in [4.78, 5) is 0. The molecule has 1 aromatic heterocycles. The van der Waals surface area contributed by atoms with Gasteiger partial charge in [-0.3, -0.25) is 0 Å². The molecule has 0 aliphatic heterocycles. The van der Waals surface area contributed by atoms with E-state index in [1.165, 1.54) is 0 Å². The minimum atomic E-state index is 0. The number of aryl methyl sites for hydroxylation is 2. The van der Waals surface area contributed by atoms with Gasteiger partial charge < -0.3 is 0 Å². The van der Waals surface area contributed by atoms with Crippen LogP contribution in [0.2, 0.25) is 0 Å². The highest BCUT2D eigenvalue weighted by molar-refractivity contribution is 5.85. The summed E-state index contributed by atoms with van der Waals surface area (Å²) in [7, 11) is 2.02. The molecule has 2 nitrogen and oxygen atoms in total. The van der Waals surface area contributed by atoms with Crippen molar-refractivity contribution in [3.05, 3.63) is 18.7 Å². The van der Waals surface area contributed by atoms with Gasteiger partial charge in [0.05, 0.1) is 13.6 Å². The molecule has 0 saturated heterocycles. The Bertz CT molecular complexity index is 176. The zero-order chi connectivity index (χ0) is 5.98. The Kier molecular flexibility index (Phi) is 7.35. The van der Waals surface area contributed by atoms with Crippen LogP contribution in [0.4, 0.5) is 0 Å². The smallest absolute Gasteiger partial charge is 0.240 e. The Morgan fingerprint density at radius 2 is 2.10 bits per heavy atom. The van der Waals surface area contributed by atoms with E-state index in [-0.39, 0.29) is 29.8 Å². The van der Waals surface area contributed by atoms with Gasteiger partial charge >= 0.3 is 0 Å². The van der Waals surface area contributed by atoms with Crippen molar-refractivity contribution < 1.29 is 4.57 Å². The minimum Gasteiger partial charge on any atom is -0.240 e. The molecule has 0 aromatic carbocycles. The third-order valence-electron chi connectivity index (χ3n) is 1.19. The zero-order valence-corrected chi connectivity index (χ0v) is 6.56. The van der Waals surface area contributed by atoms with Crippen LogP contribution in [-0.4, -0.2) is 21.9 Å². The largest absolute Gasteiger partial charge is 0.243 e. The highest BCUT2D eigenvalue weighted by Gasteiger charge is 1.92. The Morgan fingerprint density at radius 1 is 1.50 bits per heavy atom. The molecule has 0 spiro atoms. The first-order valence-electron chi connectivity index (χ1n) is 2.84. The van der Waals surface area contributed by atoms with Gasteiger partial charge in [-0.15, -0.1) is 12.4 Å². The van der Waals surface area contributed by atoms with Crippen LogP contribution in [0, 0.1) is 0 Å². The van der Waals surface area contributed by atoms with Crippen LogP contribution in [0.1, 0.15) is 6.92 Å². The van der Waals surface area contributed by atoms with Crippen molar-refractivity contribution in [3.8, 4) is 0 Å². The predicted octanol–water partition coefficient (Wildman–Crippen LogP) is -0.430. The van der Waals surface area contributed by atoms with E-state index < -0.39 is 0 Å². The van der Waals surface area contributed by atoms with Gasteiger partial charge in [0.15, 0.2) is 17.4 Å². The fourth-order valence-corrected chi connectivity index (χ4v) is 0.689. The van der Waals surface area contributed by atoms with E-state index >= 15 is 0 Å². The monoisotopic (exact) mass is 177 g/mol. The molecule has 4 heteroatoms. The lowest BCUT2D eigenvalue weighted by atomic mass is 10.7. The zero-order valence-electron chi connectivity index (χ0n) is 5.74. The number of nitrogens with zero attached hydrogens (tertiary/aromatic N) is 2. The van der Waals surface area contributed by atoms with Gasteiger partial charge in [-0.2, -0.15) is 0 Å². The van der Waals surface area contributed by atoms with Crippen molar-refractivity contribution in [2.75, 3.05) is 0 Å². The molecule has 0 saturated carbocycles. The number of hydrogen-bond acceptors (Lipinski definition) is 0. The van der Waals surface area contributed by atoms with Crippen molar-refractivity contribution in [1.82, 2.24) is 4.57 Å². The molecule has 0 radical (unpaired) electrons. The highest BCUT2D eigenvalue weighted by Crippen LogP contribution is 1.79. The summed E-state index contributed by atoms with van der Waals surface area (Å²) in [6.45, 7) is 3.18. The van der Waals surface area contributed by atoms with Crippen LogP contribution in [0.3, 0.4) is 0 Å². The fourth-order valence-electron chi connectivity index (χ4n) is 0.689. The van der Waals surface area contributed by atoms with E-state index in [1.807, 2.05) is 17.8 Å². The molecule has 58 valence electrons. The average Bonchev–Trinajstić information content (AvgIpc) is 2.14. The number of rotatable bonds is 1. The first-order valence-corrected chi connectivity index (χ1v) is 2.84. The van der Waals surface area contributed by atoms with Crippen molar-refractivity contribution >= 4 is 29.8 Å². The normalized spacial score (nSPS) is 7.80. The maximum Gasteiger partial charge on any atom is 0.243 e. The van der Waals surface area contributed by atoms with Crippen molar-refractivity contribution in [2.24, 2.45) is 7.05 Å². The molecule has 1 heterocycles. The van der Waals surface area contributed by atoms with E-state index in [1.54, 1.807) is 0 Å². The summed E-state index contributed by atoms with van der Waals surface area (Å²) in [6.07, 6.45) is 6.14. The third kappa shape index (κ3) is 3.26. The Hall–Kier alpha value is 0.0325. The van der Waals surface area contributed by atoms with E-state index in [4.69, 9.17) is 0 Å². The maximum absolute atomic E-state index is 2.12. The van der Waals surface area contributed by atoms with Crippen molar-refractivity contribution in [1.29, 1.82) is 0 Å². The molecular weight excluding hydrogens is 163 g/mol. The molecule has 0 amide bonds. The topological polar surface area (TPSA) is 8.81 Å². The number of aromatic nitrogens is 2. The second-order valence-electron chi connectivity index (χ2n) is 1.91. The second kappa shape index (κ2) is 5.79. The van der Waals surface area contributed by atoms with Crippen molar-refractivity contribution in [2.45, 2.75) is 13.5 Å². The first-order chi connectivity index (χ1) is 3.83. The summed E-state index contributed by atoms with van der Waals surface area (Å²) in [5.74, 6) is 0. The first kappa shape index (κ1) is 12.7. The molecule has 1 rings (SSSR count). The molecule has 0 atom stereocenters. The number of halogens is 1. The highest BCUT2D eigenvalue weighted by atomic mass is 35.5. The lowest BCUT2D eigenvalue weighted by molar-refractivity contribution is -0.671. The van der Waals surface area contributed by atoms with Gasteiger partial charge in [-0.05, 0) is 6.92 Å². The number of hydrogen-bond donors (Lipinski definition) is 0. The average molecular weight is 178 g/mol. The van der Waals surface area contributed by atoms with E-state index in [0.717, 1.165) is 6.54 Å². The summed E-state index contributed by atoms with van der Waals surface area (Å²) < 4.78 is 4.16. The van der Waals surface area contributed by atoms with Crippen LogP contribution in [0.15, 0.2) is 18.7 Å². The summed E-state index contributed by atoms with van der Waals surface area (Å²) in [5.41, 5.74) is 0. The molecule has 0 aliphatic rings. The van der Waals surface area contributed by atoms with Gasteiger partial charge in [0.2, 0.25) is 6.33 Å². The van der Waals surface area contributed by atoms with E-state index in [0.29, 0.717) is 0 Å². The van der Waals surface area contributed by atoms with Gasteiger partial charge in [-0.25, -0.2) is 9.13 Å². The van der Waals surface area contributed by atoms with Crippen LogP contribution in [0.5, 0.6) is 0 Å². The molecule has 0 bridgehead atoms. The molecule has 10 heavy (non-hydrogen) atoms. The Balaban J connectivity index is 0. The quantitative estimate of drug-likeness (QED) is 0.407. The standard InChI is InChI=1S/C6H11N2.Al.ClH.3H/c1-3-8-5-4-7(2)6-8;;;;;/h4-6H,3H2,1-2H3;;1H;;;/q+1;;;;;. The maximum atomic E-state index is 2.12.